The van der Waals surface area contributed by atoms with Gasteiger partial charge in [-0.2, -0.15) is 0 Å². The van der Waals surface area contributed by atoms with E-state index in [0.717, 1.165) is 25.7 Å². The van der Waals surface area contributed by atoms with Gasteiger partial charge in [0.2, 0.25) is 5.91 Å². The number of hydrogen-bond acceptors (Lipinski definition) is 2. The summed E-state index contributed by atoms with van der Waals surface area (Å²) >= 11 is 0. The van der Waals surface area contributed by atoms with E-state index >= 15 is 0 Å². The van der Waals surface area contributed by atoms with Crippen LogP contribution in [0.1, 0.15) is 32.1 Å². The van der Waals surface area contributed by atoms with Gasteiger partial charge in [0.15, 0.2) is 0 Å². The summed E-state index contributed by atoms with van der Waals surface area (Å²) in [5.41, 5.74) is 0. The van der Waals surface area contributed by atoms with Crippen LogP contribution < -0.4 is 5.32 Å². The van der Waals surface area contributed by atoms with Crippen molar-refractivity contribution in [1.82, 2.24) is 10.2 Å². The Hall–Kier alpha value is -1.26. The lowest BCUT2D eigenvalue weighted by atomic mass is 10.1. The molecule has 5 heteroatoms. The lowest BCUT2D eigenvalue weighted by Gasteiger charge is -2.27. The Kier molecular flexibility index (Phi) is 3.31. The van der Waals surface area contributed by atoms with Gasteiger partial charge in [-0.15, -0.1) is 0 Å². The second-order valence-corrected chi connectivity index (χ2v) is 4.68. The molecular weight excluding hydrogens is 208 g/mol. The van der Waals surface area contributed by atoms with Crippen molar-refractivity contribution in [1.29, 1.82) is 0 Å². The van der Waals surface area contributed by atoms with Gasteiger partial charge in [-0.3, -0.25) is 9.69 Å². The normalized spacial score (nSPS) is 25.8. The van der Waals surface area contributed by atoms with Crippen molar-refractivity contribution in [3.8, 4) is 0 Å². The third-order valence-electron chi connectivity index (χ3n) is 3.28. The molecule has 0 radical (unpaired) electrons. The number of rotatable bonds is 3. The molecule has 1 aliphatic heterocycles. The largest absolute Gasteiger partial charge is 0.465 e. The number of carbonyl (C=O) groups excluding carboxylic acids is 1. The fraction of sp³-hybridized carbons (Fsp3) is 0.818. The lowest BCUT2D eigenvalue weighted by molar-refractivity contribution is -0.125. The molecule has 1 heterocycles. The van der Waals surface area contributed by atoms with Crippen molar-refractivity contribution in [2.45, 2.75) is 38.1 Å². The van der Waals surface area contributed by atoms with Gasteiger partial charge in [-0.25, -0.2) is 4.79 Å². The number of amides is 2. The fourth-order valence-electron chi connectivity index (χ4n) is 2.14. The van der Waals surface area contributed by atoms with E-state index in [1.165, 1.54) is 4.90 Å². The smallest absolute Gasteiger partial charge is 0.407 e. The van der Waals surface area contributed by atoms with Crippen LogP contribution in [0.3, 0.4) is 0 Å². The Morgan fingerprint density at radius 2 is 2.12 bits per heavy atom. The van der Waals surface area contributed by atoms with Gasteiger partial charge in [0, 0.05) is 13.1 Å². The Morgan fingerprint density at radius 3 is 2.75 bits per heavy atom. The summed E-state index contributed by atoms with van der Waals surface area (Å²) in [4.78, 5) is 24.2. The molecular formula is C11H18N2O3. The molecule has 0 aromatic rings. The third kappa shape index (κ3) is 2.65. The highest BCUT2D eigenvalue weighted by Crippen LogP contribution is 2.31. The molecule has 1 atom stereocenters. The summed E-state index contributed by atoms with van der Waals surface area (Å²) in [5.74, 6) is 0.354. The summed E-state index contributed by atoms with van der Waals surface area (Å²) in [5, 5.41) is 11.9. The number of nitrogens with zero attached hydrogens (tertiary/aromatic N) is 1. The molecule has 0 aromatic heterocycles. The highest BCUT2D eigenvalue weighted by molar-refractivity contribution is 5.85. The van der Waals surface area contributed by atoms with Crippen LogP contribution in [-0.2, 0) is 4.79 Å². The van der Waals surface area contributed by atoms with Crippen molar-refractivity contribution >= 4 is 12.0 Å². The first-order valence-electron chi connectivity index (χ1n) is 5.96. The van der Waals surface area contributed by atoms with Gasteiger partial charge in [-0.1, -0.05) is 0 Å². The van der Waals surface area contributed by atoms with E-state index in [9.17, 15) is 9.59 Å². The van der Waals surface area contributed by atoms with Crippen molar-refractivity contribution < 1.29 is 14.7 Å². The first-order chi connectivity index (χ1) is 7.68. The molecule has 2 amide bonds. The van der Waals surface area contributed by atoms with E-state index in [4.69, 9.17) is 5.11 Å². The lowest BCUT2D eigenvalue weighted by Crippen LogP contribution is -2.49. The van der Waals surface area contributed by atoms with Gasteiger partial charge in [0.25, 0.3) is 0 Å². The van der Waals surface area contributed by atoms with Gasteiger partial charge < -0.3 is 10.4 Å². The molecule has 0 unspecified atom stereocenters. The number of carbonyl (C=O) groups is 2. The van der Waals surface area contributed by atoms with Crippen LogP contribution in [0.2, 0.25) is 0 Å². The predicted octanol–water partition coefficient (Wildman–Crippen LogP) is 1.05. The molecule has 0 spiro atoms. The monoisotopic (exact) mass is 226 g/mol. The molecule has 2 N–H and O–H groups in total. The zero-order chi connectivity index (χ0) is 11.5. The fourth-order valence-corrected chi connectivity index (χ4v) is 2.14. The second-order valence-electron chi connectivity index (χ2n) is 4.68. The summed E-state index contributed by atoms with van der Waals surface area (Å²) < 4.78 is 0. The number of carboxylic acid groups (broad SMARTS) is 1. The Balaban J connectivity index is 2.03. The topological polar surface area (TPSA) is 69.6 Å². The van der Waals surface area contributed by atoms with Crippen LogP contribution in [-0.4, -0.2) is 41.1 Å². The Bertz CT molecular complexity index is 289. The minimum Gasteiger partial charge on any atom is -0.465 e. The van der Waals surface area contributed by atoms with Crippen molar-refractivity contribution in [3.05, 3.63) is 0 Å². The van der Waals surface area contributed by atoms with Crippen LogP contribution in [0.25, 0.3) is 0 Å². The highest BCUT2D eigenvalue weighted by Gasteiger charge is 2.34. The quantitative estimate of drug-likeness (QED) is 0.755. The SMILES string of the molecule is O=C1NCCCC[C@H]1N(CC1CC1)C(=O)O. The van der Waals surface area contributed by atoms with Crippen LogP contribution >= 0.6 is 0 Å². The summed E-state index contributed by atoms with van der Waals surface area (Å²) in [6, 6.07) is -0.472. The average Bonchev–Trinajstić information content (AvgIpc) is 3.03. The molecule has 5 nitrogen and oxygen atoms in total. The minimum atomic E-state index is -0.964. The summed E-state index contributed by atoms with van der Waals surface area (Å²) in [6.45, 7) is 1.19. The number of nitrogens with one attached hydrogen (secondary N) is 1. The average molecular weight is 226 g/mol. The van der Waals surface area contributed by atoms with Crippen LogP contribution in [0, 0.1) is 5.92 Å². The third-order valence-corrected chi connectivity index (χ3v) is 3.28. The molecule has 2 fully saturated rings. The van der Waals surface area contributed by atoms with Gasteiger partial charge >= 0.3 is 6.09 Å². The van der Waals surface area contributed by atoms with Crippen LogP contribution in [0.5, 0.6) is 0 Å². The maximum Gasteiger partial charge on any atom is 0.407 e. The van der Waals surface area contributed by atoms with Crippen molar-refractivity contribution in [2.24, 2.45) is 5.92 Å². The zero-order valence-electron chi connectivity index (χ0n) is 9.32. The molecule has 0 bridgehead atoms. The van der Waals surface area contributed by atoms with Crippen LogP contribution in [0.15, 0.2) is 0 Å². The zero-order valence-corrected chi connectivity index (χ0v) is 9.32. The number of hydrogen-bond donors (Lipinski definition) is 2. The molecule has 0 aromatic carbocycles. The second kappa shape index (κ2) is 4.72. The predicted molar refractivity (Wildman–Crippen MR) is 58.1 cm³/mol. The maximum atomic E-state index is 11.7. The molecule has 2 rings (SSSR count). The highest BCUT2D eigenvalue weighted by atomic mass is 16.4. The van der Waals surface area contributed by atoms with E-state index in [1.54, 1.807) is 0 Å². The van der Waals surface area contributed by atoms with E-state index in [1.807, 2.05) is 0 Å². The summed E-state index contributed by atoms with van der Waals surface area (Å²) in [7, 11) is 0. The first kappa shape index (κ1) is 11.2. The summed E-state index contributed by atoms with van der Waals surface area (Å²) in [6.07, 6.45) is 3.74. The van der Waals surface area contributed by atoms with E-state index in [-0.39, 0.29) is 5.91 Å². The molecule has 2 aliphatic rings. The Morgan fingerprint density at radius 1 is 1.38 bits per heavy atom. The van der Waals surface area contributed by atoms with E-state index in [0.29, 0.717) is 25.4 Å². The molecule has 90 valence electrons. The minimum absolute atomic E-state index is 0.124. The van der Waals surface area contributed by atoms with Gasteiger partial charge in [0.05, 0.1) is 0 Å². The first-order valence-corrected chi connectivity index (χ1v) is 5.96. The molecule has 1 saturated carbocycles. The van der Waals surface area contributed by atoms with E-state index < -0.39 is 12.1 Å². The molecule has 1 saturated heterocycles. The van der Waals surface area contributed by atoms with Gasteiger partial charge in [-0.05, 0) is 38.0 Å². The Labute approximate surface area is 94.8 Å². The van der Waals surface area contributed by atoms with E-state index in [2.05, 4.69) is 5.32 Å². The van der Waals surface area contributed by atoms with Crippen molar-refractivity contribution in [2.75, 3.05) is 13.1 Å². The maximum absolute atomic E-state index is 11.7. The standard InChI is InChI=1S/C11H18N2O3/c14-10-9(3-1-2-6-12-10)13(11(15)16)7-8-4-5-8/h8-9H,1-7H2,(H,12,14)(H,15,16)/t9-/m1/s1. The van der Waals surface area contributed by atoms with Gasteiger partial charge in [0.1, 0.15) is 6.04 Å². The van der Waals surface area contributed by atoms with Crippen molar-refractivity contribution in [3.63, 3.8) is 0 Å². The van der Waals surface area contributed by atoms with Crippen LogP contribution in [0.4, 0.5) is 4.79 Å². The molecule has 1 aliphatic carbocycles. The molecule has 16 heavy (non-hydrogen) atoms.